The Morgan fingerprint density at radius 2 is 1.69 bits per heavy atom. The Hall–Kier alpha value is -3.49. The Bertz CT molecular complexity index is 1160. The molecular weight excluding hydrogens is 460 g/mol. The first-order valence-electron chi connectivity index (χ1n) is 11.2. The summed E-state index contributed by atoms with van der Waals surface area (Å²) in [7, 11) is 0. The third-order valence-electron chi connectivity index (χ3n) is 5.99. The van der Waals surface area contributed by atoms with Crippen LogP contribution in [0.4, 0.5) is 5.82 Å². The number of amides is 1. The Morgan fingerprint density at radius 1 is 1.11 bits per heavy atom. The average molecular weight is 491 g/mol. The normalized spacial score (nSPS) is 12.1. The van der Waals surface area contributed by atoms with Gasteiger partial charge in [-0.25, -0.2) is 9.97 Å². The second-order valence-corrected chi connectivity index (χ2v) is 9.36. The number of nitrogens with two attached hydrogens (primary N) is 1. The number of benzene rings is 2. The molecule has 0 radical (unpaired) electrons. The number of hydrogen-bond acceptors (Lipinski definition) is 7. The molecule has 0 fully saturated rings. The number of aryl methyl sites for hydroxylation is 1. The molecule has 0 unspecified atom stereocenters. The molecule has 0 saturated heterocycles. The van der Waals surface area contributed by atoms with Crippen molar-refractivity contribution in [2.45, 2.75) is 39.2 Å². The molecule has 35 heavy (non-hydrogen) atoms. The van der Waals surface area contributed by atoms with E-state index in [-0.39, 0.29) is 24.7 Å². The molecule has 7 nitrogen and oxygen atoms in total. The van der Waals surface area contributed by atoms with E-state index < -0.39 is 5.41 Å². The SMILES string of the molecule is CC(=C(CCO)SC(=O)C(C)(c1ccccc1)c1ccccc1)N(C=O)Cc1cnc(C)nc1N. The van der Waals surface area contributed by atoms with Gasteiger partial charge in [-0.05, 0) is 31.9 Å². The van der Waals surface area contributed by atoms with Gasteiger partial charge in [-0.1, -0.05) is 72.4 Å². The van der Waals surface area contributed by atoms with Crippen molar-refractivity contribution in [3.63, 3.8) is 0 Å². The maximum Gasteiger partial charge on any atom is 0.214 e. The first-order chi connectivity index (χ1) is 16.8. The van der Waals surface area contributed by atoms with Gasteiger partial charge in [-0.15, -0.1) is 0 Å². The van der Waals surface area contributed by atoms with Crippen LogP contribution >= 0.6 is 11.8 Å². The van der Waals surface area contributed by atoms with Crippen molar-refractivity contribution in [3.8, 4) is 0 Å². The Balaban J connectivity index is 1.98. The number of hydrogen-bond donors (Lipinski definition) is 2. The van der Waals surface area contributed by atoms with Crippen LogP contribution in [0.1, 0.15) is 42.8 Å². The second-order valence-electron chi connectivity index (χ2n) is 8.29. The number of thioether (sulfide) groups is 1. The lowest BCUT2D eigenvalue weighted by Crippen LogP contribution is -2.32. The lowest BCUT2D eigenvalue weighted by atomic mass is 9.77. The highest BCUT2D eigenvalue weighted by Gasteiger charge is 2.38. The Kier molecular flexibility index (Phi) is 8.78. The van der Waals surface area contributed by atoms with Gasteiger partial charge in [0.1, 0.15) is 11.6 Å². The van der Waals surface area contributed by atoms with Crippen LogP contribution in [0.3, 0.4) is 0 Å². The number of nitrogens with zero attached hydrogens (tertiary/aromatic N) is 3. The molecule has 3 N–H and O–H groups in total. The summed E-state index contributed by atoms with van der Waals surface area (Å²) in [5, 5.41) is 9.64. The molecule has 1 amide bonds. The number of carbonyl (C=O) groups is 2. The van der Waals surface area contributed by atoms with Gasteiger partial charge in [0, 0.05) is 35.4 Å². The van der Waals surface area contributed by atoms with Gasteiger partial charge >= 0.3 is 0 Å². The van der Waals surface area contributed by atoms with Crippen molar-refractivity contribution in [2.24, 2.45) is 0 Å². The summed E-state index contributed by atoms with van der Waals surface area (Å²) in [6, 6.07) is 19.2. The second kappa shape index (κ2) is 11.8. The van der Waals surface area contributed by atoms with E-state index in [1.165, 1.54) is 4.90 Å². The highest BCUT2D eigenvalue weighted by Crippen LogP contribution is 2.40. The number of aromatic nitrogens is 2. The Morgan fingerprint density at radius 3 is 2.17 bits per heavy atom. The number of rotatable bonds is 10. The minimum absolute atomic E-state index is 0.110. The fourth-order valence-electron chi connectivity index (χ4n) is 3.78. The minimum atomic E-state index is -0.935. The zero-order chi connectivity index (χ0) is 25.4. The van der Waals surface area contributed by atoms with Crippen LogP contribution in [0.2, 0.25) is 0 Å². The van der Waals surface area contributed by atoms with Crippen LogP contribution in [0, 0.1) is 6.92 Å². The molecular formula is C27H30N4O3S. The van der Waals surface area contributed by atoms with Gasteiger partial charge < -0.3 is 15.7 Å². The maximum absolute atomic E-state index is 13.9. The molecule has 0 aliphatic rings. The lowest BCUT2D eigenvalue weighted by Gasteiger charge is -2.30. The number of allylic oxidation sites excluding steroid dienone is 1. The predicted molar refractivity (Wildman–Crippen MR) is 139 cm³/mol. The fourth-order valence-corrected chi connectivity index (χ4v) is 4.90. The van der Waals surface area contributed by atoms with Gasteiger partial charge in [0.25, 0.3) is 0 Å². The molecule has 0 aliphatic heterocycles. The zero-order valence-corrected chi connectivity index (χ0v) is 21.0. The molecule has 182 valence electrons. The molecule has 1 aromatic heterocycles. The minimum Gasteiger partial charge on any atom is -0.396 e. The van der Waals surface area contributed by atoms with E-state index in [1.807, 2.05) is 67.6 Å². The van der Waals surface area contributed by atoms with Crippen molar-refractivity contribution in [2.75, 3.05) is 12.3 Å². The standard InChI is InChI=1S/C27H30N4O3S/c1-19(31(18-33)17-21-16-29-20(2)30-25(21)28)24(14-15-32)35-26(34)27(3,22-10-6-4-7-11-22)23-12-8-5-9-13-23/h4-13,16,18,32H,14-15,17H2,1-3H3,(H2,28,29,30). The summed E-state index contributed by atoms with van der Waals surface area (Å²) in [4.78, 5) is 36.3. The molecule has 3 rings (SSSR count). The summed E-state index contributed by atoms with van der Waals surface area (Å²) < 4.78 is 0. The van der Waals surface area contributed by atoms with Gasteiger partial charge in [0.2, 0.25) is 11.5 Å². The highest BCUT2D eigenvalue weighted by atomic mass is 32.2. The molecule has 0 atom stereocenters. The van der Waals surface area contributed by atoms with Crippen LogP contribution in [-0.4, -0.2) is 38.1 Å². The van der Waals surface area contributed by atoms with Crippen LogP contribution in [0.5, 0.6) is 0 Å². The first-order valence-corrected chi connectivity index (χ1v) is 12.1. The predicted octanol–water partition coefficient (Wildman–Crippen LogP) is 4.21. The molecule has 8 heteroatoms. The van der Waals surface area contributed by atoms with E-state index >= 15 is 0 Å². The number of aliphatic hydroxyl groups excluding tert-OH is 1. The van der Waals surface area contributed by atoms with Gasteiger partial charge in [-0.3, -0.25) is 9.59 Å². The molecule has 0 aliphatic carbocycles. The van der Waals surface area contributed by atoms with Gasteiger partial charge in [0.05, 0.1) is 12.0 Å². The van der Waals surface area contributed by atoms with Crippen molar-refractivity contribution in [1.82, 2.24) is 14.9 Å². The number of aliphatic hydroxyl groups is 1. The zero-order valence-electron chi connectivity index (χ0n) is 20.1. The van der Waals surface area contributed by atoms with Crippen LogP contribution in [0.15, 0.2) is 77.5 Å². The molecule has 0 bridgehead atoms. The van der Waals surface area contributed by atoms with E-state index in [0.717, 1.165) is 22.9 Å². The highest BCUT2D eigenvalue weighted by molar-refractivity contribution is 8.17. The van der Waals surface area contributed by atoms with E-state index in [4.69, 9.17) is 5.73 Å². The summed E-state index contributed by atoms with van der Waals surface area (Å²) in [6.45, 7) is 5.39. The van der Waals surface area contributed by atoms with E-state index in [9.17, 15) is 14.7 Å². The third-order valence-corrected chi connectivity index (χ3v) is 7.33. The Labute approximate surface area is 210 Å². The summed E-state index contributed by atoms with van der Waals surface area (Å²) in [5.41, 5.74) is 7.97. The average Bonchev–Trinajstić information content (AvgIpc) is 2.88. The maximum atomic E-state index is 13.9. The third kappa shape index (κ3) is 5.96. The van der Waals surface area contributed by atoms with Crippen LogP contribution in [0.25, 0.3) is 0 Å². The molecule has 1 heterocycles. The lowest BCUT2D eigenvalue weighted by molar-refractivity contribution is -0.117. The summed E-state index contributed by atoms with van der Waals surface area (Å²) >= 11 is 1.05. The largest absolute Gasteiger partial charge is 0.396 e. The molecule has 2 aromatic carbocycles. The monoisotopic (exact) mass is 490 g/mol. The quantitative estimate of drug-likeness (QED) is 0.410. The molecule has 0 spiro atoms. The first kappa shape index (κ1) is 26.1. The van der Waals surface area contributed by atoms with E-state index in [0.29, 0.717) is 34.2 Å². The molecule has 0 saturated carbocycles. The fraction of sp³-hybridized carbons (Fsp3) is 0.259. The number of anilines is 1. The summed E-state index contributed by atoms with van der Waals surface area (Å²) in [6.07, 6.45) is 2.50. The smallest absolute Gasteiger partial charge is 0.214 e. The van der Waals surface area contributed by atoms with Crippen LogP contribution < -0.4 is 5.73 Å². The van der Waals surface area contributed by atoms with Crippen molar-refractivity contribution in [3.05, 3.63) is 100.0 Å². The summed E-state index contributed by atoms with van der Waals surface area (Å²) in [5.74, 6) is 0.838. The van der Waals surface area contributed by atoms with E-state index in [1.54, 1.807) is 20.0 Å². The number of nitrogen functional groups attached to an aromatic ring is 1. The van der Waals surface area contributed by atoms with Crippen molar-refractivity contribution < 1.29 is 14.7 Å². The topological polar surface area (TPSA) is 109 Å². The molecule has 3 aromatic rings. The number of carbonyl (C=O) groups excluding carboxylic acids is 2. The van der Waals surface area contributed by atoms with Crippen molar-refractivity contribution >= 4 is 29.1 Å². The van der Waals surface area contributed by atoms with E-state index in [2.05, 4.69) is 9.97 Å². The van der Waals surface area contributed by atoms with Gasteiger partial charge in [-0.2, -0.15) is 0 Å². The van der Waals surface area contributed by atoms with Crippen molar-refractivity contribution in [1.29, 1.82) is 0 Å². The van der Waals surface area contributed by atoms with Gasteiger partial charge in [0.15, 0.2) is 0 Å². The van der Waals surface area contributed by atoms with Crippen LogP contribution in [-0.2, 0) is 21.5 Å².